The quantitative estimate of drug-likeness (QED) is 0.764. The second-order valence-corrected chi connectivity index (χ2v) is 4.30. The first-order valence-electron chi connectivity index (χ1n) is 5.96. The van der Waals surface area contributed by atoms with Crippen LogP contribution in [0.1, 0.15) is 17.3 Å². The highest BCUT2D eigenvalue weighted by Crippen LogP contribution is 2.23. The summed E-state index contributed by atoms with van der Waals surface area (Å²) in [5.74, 6) is -0.388. The SMILES string of the molecule is NC(c1ccc2ncccc2c1)c1ncccc1F. The van der Waals surface area contributed by atoms with Crippen molar-refractivity contribution in [3.05, 3.63) is 71.9 Å². The Morgan fingerprint density at radius 1 is 1.00 bits per heavy atom. The van der Waals surface area contributed by atoms with Gasteiger partial charge in [-0.3, -0.25) is 9.97 Å². The molecule has 0 saturated carbocycles. The Morgan fingerprint density at radius 2 is 1.79 bits per heavy atom. The van der Waals surface area contributed by atoms with Crippen molar-refractivity contribution >= 4 is 10.9 Å². The van der Waals surface area contributed by atoms with E-state index in [-0.39, 0.29) is 11.5 Å². The molecule has 4 heteroatoms. The maximum Gasteiger partial charge on any atom is 0.146 e. The lowest BCUT2D eigenvalue weighted by atomic mass is 10.0. The highest BCUT2D eigenvalue weighted by Gasteiger charge is 2.15. The molecule has 19 heavy (non-hydrogen) atoms. The normalized spacial score (nSPS) is 12.5. The molecule has 0 amide bonds. The maximum absolute atomic E-state index is 13.7. The van der Waals surface area contributed by atoms with Gasteiger partial charge in [0.1, 0.15) is 5.82 Å². The minimum absolute atomic E-state index is 0.255. The van der Waals surface area contributed by atoms with Gasteiger partial charge in [0, 0.05) is 17.8 Å². The molecule has 0 radical (unpaired) electrons. The standard InChI is InChI=1S/C15H12FN3/c16-12-4-2-8-19-15(12)14(17)11-5-6-13-10(9-11)3-1-7-18-13/h1-9,14H,17H2. The van der Waals surface area contributed by atoms with E-state index in [4.69, 9.17) is 5.73 Å². The number of benzene rings is 1. The van der Waals surface area contributed by atoms with Gasteiger partial charge in [-0.25, -0.2) is 4.39 Å². The lowest BCUT2D eigenvalue weighted by molar-refractivity contribution is 0.586. The van der Waals surface area contributed by atoms with Crippen LogP contribution in [0, 0.1) is 5.82 Å². The molecular formula is C15H12FN3. The van der Waals surface area contributed by atoms with Crippen LogP contribution in [0.4, 0.5) is 4.39 Å². The lowest BCUT2D eigenvalue weighted by Crippen LogP contribution is -2.15. The summed E-state index contributed by atoms with van der Waals surface area (Å²) in [5.41, 5.74) is 8.05. The molecule has 0 bridgehead atoms. The second kappa shape index (κ2) is 4.74. The predicted octanol–water partition coefficient (Wildman–Crippen LogP) is 2.82. The van der Waals surface area contributed by atoms with Crippen molar-refractivity contribution < 1.29 is 4.39 Å². The molecule has 0 spiro atoms. The van der Waals surface area contributed by atoms with Crippen molar-refractivity contribution in [1.82, 2.24) is 9.97 Å². The van der Waals surface area contributed by atoms with E-state index >= 15 is 0 Å². The van der Waals surface area contributed by atoms with Gasteiger partial charge in [-0.2, -0.15) is 0 Å². The molecule has 3 rings (SSSR count). The number of nitrogens with two attached hydrogens (primary N) is 1. The van der Waals surface area contributed by atoms with E-state index < -0.39 is 6.04 Å². The summed E-state index contributed by atoms with van der Waals surface area (Å²) in [5, 5.41) is 0.979. The molecule has 3 nitrogen and oxygen atoms in total. The fraction of sp³-hybridized carbons (Fsp3) is 0.0667. The molecule has 1 atom stereocenters. The minimum atomic E-state index is -0.578. The van der Waals surface area contributed by atoms with Crippen LogP contribution in [-0.2, 0) is 0 Å². The summed E-state index contributed by atoms with van der Waals surface area (Å²) in [4.78, 5) is 8.26. The molecule has 0 saturated heterocycles. The van der Waals surface area contributed by atoms with E-state index in [0.717, 1.165) is 16.5 Å². The van der Waals surface area contributed by atoms with E-state index in [1.165, 1.54) is 6.07 Å². The number of rotatable bonds is 2. The zero-order chi connectivity index (χ0) is 13.2. The molecule has 1 aromatic carbocycles. The molecule has 94 valence electrons. The van der Waals surface area contributed by atoms with Gasteiger partial charge in [0.25, 0.3) is 0 Å². The van der Waals surface area contributed by atoms with Crippen molar-refractivity contribution in [2.24, 2.45) is 5.73 Å². The first-order valence-corrected chi connectivity index (χ1v) is 5.96. The number of nitrogens with zero attached hydrogens (tertiary/aromatic N) is 2. The van der Waals surface area contributed by atoms with Crippen LogP contribution in [0.5, 0.6) is 0 Å². The third-order valence-corrected chi connectivity index (χ3v) is 3.07. The molecule has 1 unspecified atom stereocenters. The number of fused-ring (bicyclic) bond motifs is 1. The van der Waals surface area contributed by atoms with Crippen molar-refractivity contribution in [3.8, 4) is 0 Å². The molecule has 0 aliphatic heterocycles. The minimum Gasteiger partial charge on any atom is -0.319 e. The topological polar surface area (TPSA) is 51.8 Å². The maximum atomic E-state index is 13.7. The van der Waals surface area contributed by atoms with E-state index in [2.05, 4.69) is 9.97 Å². The summed E-state index contributed by atoms with van der Waals surface area (Å²) in [6, 6.07) is 11.8. The molecule has 0 fully saturated rings. The van der Waals surface area contributed by atoms with Crippen molar-refractivity contribution in [2.45, 2.75) is 6.04 Å². The number of halogens is 1. The zero-order valence-corrected chi connectivity index (χ0v) is 10.1. The third kappa shape index (κ3) is 2.18. The molecule has 0 aliphatic rings. The van der Waals surface area contributed by atoms with Gasteiger partial charge in [-0.1, -0.05) is 12.1 Å². The van der Waals surface area contributed by atoms with Crippen LogP contribution in [0.15, 0.2) is 54.9 Å². The third-order valence-electron chi connectivity index (χ3n) is 3.07. The Morgan fingerprint density at radius 3 is 2.63 bits per heavy atom. The van der Waals surface area contributed by atoms with Gasteiger partial charge in [0.15, 0.2) is 0 Å². The van der Waals surface area contributed by atoms with Gasteiger partial charge >= 0.3 is 0 Å². The van der Waals surface area contributed by atoms with Crippen LogP contribution >= 0.6 is 0 Å². The Hall–Kier alpha value is -2.33. The molecular weight excluding hydrogens is 241 g/mol. The Bertz CT molecular complexity index is 727. The van der Waals surface area contributed by atoms with Gasteiger partial charge in [-0.15, -0.1) is 0 Å². The summed E-state index contributed by atoms with van der Waals surface area (Å²) in [6.07, 6.45) is 3.28. The summed E-state index contributed by atoms with van der Waals surface area (Å²) in [7, 11) is 0. The zero-order valence-electron chi connectivity index (χ0n) is 10.1. The first-order chi connectivity index (χ1) is 9.25. The highest BCUT2D eigenvalue weighted by molar-refractivity contribution is 5.79. The Labute approximate surface area is 109 Å². The summed E-state index contributed by atoms with van der Waals surface area (Å²) < 4.78 is 13.7. The second-order valence-electron chi connectivity index (χ2n) is 4.30. The predicted molar refractivity (Wildman–Crippen MR) is 72.0 cm³/mol. The fourth-order valence-electron chi connectivity index (χ4n) is 2.07. The molecule has 2 N–H and O–H groups in total. The molecule has 2 aromatic heterocycles. The smallest absolute Gasteiger partial charge is 0.146 e. The number of pyridine rings is 2. The van der Waals surface area contributed by atoms with E-state index in [1.54, 1.807) is 18.5 Å². The van der Waals surface area contributed by atoms with Gasteiger partial charge in [-0.05, 0) is 35.9 Å². The van der Waals surface area contributed by atoms with Crippen molar-refractivity contribution in [3.63, 3.8) is 0 Å². The van der Waals surface area contributed by atoms with Crippen LogP contribution in [0.3, 0.4) is 0 Å². The van der Waals surface area contributed by atoms with E-state index in [9.17, 15) is 4.39 Å². The van der Waals surface area contributed by atoms with Gasteiger partial charge < -0.3 is 5.73 Å². The van der Waals surface area contributed by atoms with Crippen LogP contribution in [-0.4, -0.2) is 9.97 Å². The lowest BCUT2D eigenvalue weighted by Gasteiger charge is -2.12. The van der Waals surface area contributed by atoms with Crippen molar-refractivity contribution in [2.75, 3.05) is 0 Å². The molecule has 3 aromatic rings. The average Bonchev–Trinajstić information content (AvgIpc) is 2.46. The molecule has 2 heterocycles. The van der Waals surface area contributed by atoms with Crippen molar-refractivity contribution in [1.29, 1.82) is 0 Å². The number of hydrogen-bond donors (Lipinski definition) is 1. The van der Waals surface area contributed by atoms with Gasteiger partial charge in [0.05, 0.1) is 17.3 Å². The first kappa shape index (κ1) is 11.7. The van der Waals surface area contributed by atoms with Gasteiger partial charge in [0.2, 0.25) is 0 Å². The fourth-order valence-corrected chi connectivity index (χ4v) is 2.07. The summed E-state index contributed by atoms with van der Waals surface area (Å²) >= 11 is 0. The Balaban J connectivity index is 2.07. The molecule has 0 aliphatic carbocycles. The van der Waals surface area contributed by atoms with Crippen LogP contribution in [0.2, 0.25) is 0 Å². The summed E-state index contributed by atoms with van der Waals surface area (Å²) in [6.45, 7) is 0. The Kier molecular flexibility index (Phi) is 2.93. The highest BCUT2D eigenvalue weighted by atomic mass is 19.1. The van der Waals surface area contributed by atoms with Crippen LogP contribution < -0.4 is 5.73 Å². The van der Waals surface area contributed by atoms with E-state index in [1.807, 2.05) is 30.3 Å². The largest absolute Gasteiger partial charge is 0.319 e. The van der Waals surface area contributed by atoms with E-state index in [0.29, 0.717) is 0 Å². The monoisotopic (exact) mass is 253 g/mol. The average molecular weight is 253 g/mol. The van der Waals surface area contributed by atoms with Crippen LogP contribution in [0.25, 0.3) is 10.9 Å². The number of hydrogen-bond acceptors (Lipinski definition) is 3. The number of aromatic nitrogens is 2.